The SMILES string of the molecule is CCOC(=O)c1nn(CC)c(-c2cnc(NC(C)(C)CC(F)(F)F)cc2OC(F)F)c1C. The lowest BCUT2D eigenvalue weighted by Crippen LogP contribution is -2.36. The molecule has 0 unspecified atom stereocenters. The van der Waals surface area contributed by atoms with Crippen molar-refractivity contribution in [3.8, 4) is 17.0 Å². The minimum atomic E-state index is -4.44. The third-order valence-electron chi connectivity index (χ3n) is 4.40. The van der Waals surface area contributed by atoms with Gasteiger partial charge in [0.2, 0.25) is 0 Å². The summed E-state index contributed by atoms with van der Waals surface area (Å²) in [4.78, 5) is 16.3. The number of esters is 1. The average molecular weight is 464 g/mol. The van der Waals surface area contributed by atoms with Crippen LogP contribution < -0.4 is 10.1 Å². The summed E-state index contributed by atoms with van der Waals surface area (Å²) >= 11 is 0. The second kappa shape index (κ2) is 9.70. The molecule has 0 aromatic carbocycles. The lowest BCUT2D eigenvalue weighted by molar-refractivity contribution is -0.142. The van der Waals surface area contributed by atoms with Crippen molar-refractivity contribution in [2.45, 2.75) is 65.9 Å². The lowest BCUT2D eigenvalue weighted by Gasteiger charge is -2.28. The van der Waals surface area contributed by atoms with Crippen molar-refractivity contribution in [2.75, 3.05) is 11.9 Å². The topological polar surface area (TPSA) is 78.3 Å². The molecule has 7 nitrogen and oxygen atoms in total. The van der Waals surface area contributed by atoms with Crippen LogP contribution in [-0.4, -0.2) is 45.7 Å². The van der Waals surface area contributed by atoms with E-state index in [1.807, 2.05) is 0 Å². The molecule has 0 aliphatic carbocycles. The summed E-state index contributed by atoms with van der Waals surface area (Å²) in [5.41, 5.74) is -0.663. The highest BCUT2D eigenvalue weighted by Crippen LogP contribution is 2.37. The summed E-state index contributed by atoms with van der Waals surface area (Å²) < 4.78 is 75.7. The number of nitrogens with one attached hydrogen (secondary N) is 1. The van der Waals surface area contributed by atoms with Crippen molar-refractivity contribution in [2.24, 2.45) is 0 Å². The van der Waals surface area contributed by atoms with E-state index in [9.17, 15) is 26.7 Å². The molecule has 2 heterocycles. The minimum Gasteiger partial charge on any atom is -0.461 e. The number of aromatic nitrogens is 3. The number of hydrogen-bond donors (Lipinski definition) is 1. The smallest absolute Gasteiger partial charge is 0.391 e. The quantitative estimate of drug-likeness (QED) is 0.406. The normalized spacial score (nSPS) is 12.2. The number of anilines is 1. The molecular formula is C20H25F5N4O3. The van der Waals surface area contributed by atoms with Crippen molar-refractivity contribution in [3.05, 3.63) is 23.5 Å². The number of nitrogens with zero attached hydrogens (tertiary/aromatic N) is 3. The molecule has 1 N–H and O–H groups in total. The van der Waals surface area contributed by atoms with Crippen LogP contribution in [0.5, 0.6) is 5.75 Å². The van der Waals surface area contributed by atoms with Gasteiger partial charge in [-0.2, -0.15) is 27.1 Å². The van der Waals surface area contributed by atoms with E-state index >= 15 is 0 Å². The van der Waals surface area contributed by atoms with Gasteiger partial charge in [-0.25, -0.2) is 9.78 Å². The average Bonchev–Trinajstić information content (AvgIpc) is 2.96. The molecule has 0 atom stereocenters. The summed E-state index contributed by atoms with van der Waals surface area (Å²) in [6.45, 7) is 4.79. The van der Waals surface area contributed by atoms with E-state index in [1.165, 1.54) is 24.7 Å². The van der Waals surface area contributed by atoms with Crippen LogP contribution in [0.15, 0.2) is 12.3 Å². The second-order valence-electron chi connectivity index (χ2n) is 7.60. The summed E-state index contributed by atoms with van der Waals surface area (Å²) in [5, 5.41) is 6.79. The van der Waals surface area contributed by atoms with Gasteiger partial charge in [-0.05, 0) is 34.6 Å². The monoisotopic (exact) mass is 464 g/mol. The number of alkyl halides is 5. The van der Waals surface area contributed by atoms with Crippen LogP contribution >= 0.6 is 0 Å². The Morgan fingerprint density at radius 1 is 1.25 bits per heavy atom. The van der Waals surface area contributed by atoms with Crippen molar-refractivity contribution < 1.29 is 36.2 Å². The summed E-state index contributed by atoms with van der Waals surface area (Å²) in [7, 11) is 0. The van der Waals surface area contributed by atoms with Gasteiger partial charge in [-0.15, -0.1) is 0 Å². The van der Waals surface area contributed by atoms with Crippen LogP contribution in [0.3, 0.4) is 0 Å². The number of carbonyl (C=O) groups excluding carboxylic acids is 1. The van der Waals surface area contributed by atoms with E-state index in [-0.39, 0.29) is 29.4 Å². The first-order chi connectivity index (χ1) is 14.8. The Kier molecular flexibility index (Phi) is 7.68. The Morgan fingerprint density at radius 3 is 2.44 bits per heavy atom. The number of ether oxygens (including phenoxy) is 2. The second-order valence-corrected chi connectivity index (χ2v) is 7.60. The largest absolute Gasteiger partial charge is 0.461 e. The Hall–Kier alpha value is -2.92. The molecule has 0 fully saturated rings. The number of carbonyl (C=O) groups is 1. The highest BCUT2D eigenvalue weighted by molar-refractivity contribution is 5.91. The van der Waals surface area contributed by atoms with Gasteiger partial charge in [0.25, 0.3) is 0 Å². The molecule has 0 spiro atoms. The number of hydrogen-bond acceptors (Lipinski definition) is 6. The van der Waals surface area contributed by atoms with Crippen LogP contribution in [-0.2, 0) is 11.3 Å². The Labute approximate surface area is 181 Å². The van der Waals surface area contributed by atoms with E-state index in [0.29, 0.717) is 17.8 Å². The van der Waals surface area contributed by atoms with Crippen LogP contribution in [0.2, 0.25) is 0 Å². The van der Waals surface area contributed by atoms with E-state index < -0.39 is 30.7 Å². The summed E-state index contributed by atoms with van der Waals surface area (Å²) in [5.74, 6) is -1.08. The maximum atomic E-state index is 13.1. The van der Waals surface area contributed by atoms with Crippen LogP contribution in [0.1, 0.15) is 50.2 Å². The molecule has 12 heteroatoms. The number of pyridine rings is 1. The molecule has 32 heavy (non-hydrogen) atoms. The van der Waals surface area contributed by atoms with Gasteiger partial charge in [0, 0.05) is 29.9 Å². The summed E-state index contributed by atoms with van der Waals surface area (Å²) in [6.07, 6.45) is -4.42. The van der Waals surface area contributed by atoms with Gasteiger partial charge < -0.3 is 14.8 Å². The molecule has 0 saturated carbocycles. The molecule has 2 rings (SSSR count). The Bertz CT molecular complexity index is 957. The van der Waals surface area contributed by atoms with Crippen LogP contribution in [0.25, 0.3) is 11.3 Å². The molecule has 178 valence electrons. The fourth-order valence-corrected chi connectivity index (χ4v) is 3.28. The van der Waals surface area contributed by atoms with Crippen molar-refractivity contribution in [1.82, 2.24) is 14.8 Å². The first-order valence-corrected chi connectivity index (χ1v) is 9.82. The zero-order valence-electron chi connectivity index (χ0n) is 18.3. The standard InChI is InChI=1S/C20H25F5N4O3/c1-6-29-16(11(3)15(28-29)17(30)31-7-2)12-9-26-14(8-13(12)32-18(21)22)27-19(4,5)10-20(23,24)25/h8-9,18H,6-7,10H2,1-5H3,(H,26,27). The Balaban J connectivity index is 2.54. The fraction of sp³-hybridized carbons (Fsp3) is 0.550. The molecule has 0 aliphatic rings. The highest BCUT2D eigenvalue weighted by Gasteiger charge is 2.37. The molecule has 2 aromatic rings. The van der Waals surface area contributed by atoms with E-state index in [0.717, 1.165) is 6.07 Å². The summed E-state index contributed by atoms with van der Waals surface area (Å²) in [6, 6.07) is 1.09. The van der Waals surface area contributed by atoms with Gasteiger partial charge in [-0.1, -0.05) is 0 Å². The van der Waals surface area contributed by atoms with Gasteiger partial charge in [0.1, 0.15) is 11.6 Å². The van der Waals surface area contributed by atoms with E-state index in [2.05, 4.69) is 20.1 Å². The maximum absolute atomic E-state index is 13.1. The van der Waals surface area contributed by atoms with Gasteiger partial charge in [0.15, 0.2) is 5.69 Å². The number of rotatable bonds is 9. The molecule has 0 aliphatic heterocycles. The molecule has 0 bridgehead atoms. The van der Waals surface area contributed by atoms with E-state index in [1.54, 1.807) is 20.8 Å². The molecule has 2 aromatic heterocycles. The fourth-order valence-electron chi connectivity index (χ4n) is 3.28. The molecule has 0 radical (unpaired) electrons. The van der Waals surface area contributed by atoms with Crippen molar-refractivity contribution >= 4 is 11.8 Å². The molecule has 0 saturated heterocycles. The van der Waals surface area contributed by atoms with Crippen LogP contribution in [0.4, 0.5) is 27.8 Å². The maximum Gasteiger partial charge on any atom is 0.391 e. The highest BCUT2D eigenvalue weighted by atomic mass is 19.4. The van der Waals surface area contributed by atoms with Crippen LogP contribution in [0, 0.1) is 6.92 Å². The predicted octanol–water partition coefficient (Wildman–Crippen LogP) is 5.19. The molecular weight excluding hydrogens is 439 g/mol. The zero-order valence-corrected chi connectivity index (χ0v) is 18.3. The number of halogens is 5. The number of aryl methyl sites for hydroxylation is 1. The van der Waals surface area contributed by atoms with Crippen molar-refractivity contribution in [3.63, 3.8) is 0 Å². The third-order valence-corrected chi connectivity index (χ3v) is 4.40. The first kappa shape index (κ1) is 25.3. The predicted molar refractivity (Wildman–Crippen MR) is 107 cm³/mol. The van der Waals surface area contributed by atoms with Gasteiger partial charge >= 0.3 is 18.8 Å². The van der Waals surface area contributed by atoms with Gasteiger partial charge in [-0.3, -0.25) is 4.68 Å². The van der Waals surface area contributed by atoms with E-state index in [4.69, 9.17) is 4.74 Å². The zero-order chi connectivity index (χ0) is 24.3. The molecule has 0 amide bonds. The lowest BCUT2D eigenvalue weighted by atomic mass is 10.0. The third kappa shape index (κ3) is 6.30. The Morgan fingerprint density at radius 2 is 1.91 bits per heavy atom. The minimum absolute atomic E-state index is 0.0141. The van der Waals surface area contributed by atoms with Crippen molar-refractivity contribution in [1.29, 1.82) is 0 Å². The first-order valence-electron chi connectivity index (χ1n) is 9.82. The van der Waals surface area contributed by atoms with Gasteiger partial charge in [0.05, 0.1) is 24.3 Å².